The van der Waals surface area contributed by atoms with Crippen LogP contribution < -0.4 is 10.5 Å². The normalized spacial score (nSPS) is 13.1. The summed E-state index contributed by atoms with van der Waals surface area (Å²) in [4.78, 5) is 15.9. The fraction of sp³-hybridized carbons (Fsp3) is 0.200. The molecule has 0 aliphatic rings. The summed E-state index contributed by atoms with van der Waals surface area (Å²) < 4.78 is 53.8. The Morgan fingerprint density at radius 1 is 0.968 bits per heavy atom. The number of aryl methyl sites for hydroxylation is 2. The summed E-state index contributed by atoms with van der Waals surface area (Å²) in [7, 11) is -7.89. The van der Waals surface area contributed by atoms with Gasteiger partial charge >= 0.3 is 0 Å². The minimum absolute atomic E-state index is 0.0168. The molecular weight excluding hydrogens is 440 g/mol. The summed E-state index contributed by atoms with van der Waals surface area (Å²) in [5.41, 5.74) is 7.35. The molecule has 1 aromatic heterocycles. The number of amides is 1. The Bertz CT molecular complexity index is 1300. The average Bonchev–Trinajstić information content (AvgIpc) is 3.17. The van der Waals surface area contributed by atoms with Crippen molar-refractivity contribution in [3.8, 4) is 0 Å². The molecule has 0 fully saturated rings. The Morgan fingerprint density at radius 2 is 1.48 bits per heavy atom. The van der Waals surface area contributed by atoms with Crippen LogP contribution in [0.4, 0.5) is 0 Å². The summed E-state index contributed by atoms with van der Waals surface area (Å²) in [5.74, 6) is -0.911. The third-order valence-corrected chi connectivity index (χ3v) is 7.71. The number of nitrogens with two attached hydrogens (primary N) is 1. The van der Waals surface area contributed by atoms with E-state index < -0.39 is 32.0 Å². The second-order valence-corrected chi connectivity index (χ2v) is 10.7. The number of carbonyl (C=O) groups is 1. The summed E-state index contributed by atoms with van der Waals surface area (Å²) >= 11 is 0. The van der Waals surface area contributed by atoms with Crippen molar-refractivity contribution in [3.05, 3.63) is 77.9 Å². The molecule has 2 aromatic carbocycles. The Hall–Kier alpha value is -3.02. The van der Waals surface area contributed by atoms with Crippen molar-refractivity contribution in [2.24, 2.45) is 5.73 Å². The van der Waals surface area contributed by atoms with Gasteiger partial charge in [-0.2, -0.15) is 4.72 Å². The van der Waals surface area contributed by atoms with E-state index in [0.29, 0.717) is 0 Å². The third kappa shape index (κ3) is 5.19. The molecule has 0 spiro atoms. The van der Waals surface area contributed by atoms with Crippen LogP contribution >= 0.6 is 0 Å². The molecule has 3 N–H and O–H groups in total. The Kier molecular flexibility index (Phi) is 6.30. The average molecular weight is 463 g/mol. The van der Waals surface area contributed by atoms with E-state index in [1.807, 2.05) is 13.8 Å². The minimum Gasteiger partial charge on any atom is -0.368 e. The molecule has 164 valence electrons. The Balaban J connectivity index is 1.81. The number of aromatic nitrogens is 2. The van der Waals surface area contributed by atoms with Gasteiger partial charge in [-0.25, -0.2) is 25.8 Å². The first-order valence-corrected chi connectivity index (χ1v) is 12.1. The topological polar surface area (TPSA) is 141 Å². The molecular formula is C20H22N4O5S2. The second-order valence-electron chi connectivity index (χ2n) is 7.11. The monoisotopic (exact) mass is 462 g/mol. The van der Waals surface area contributed by atoms with Gasteiger partial charge in [0.05, 0.1) is 15.5 Å². The lowest BCUT2D eigenvalue weighted by Gasteiger charge is -2.15. The Labute approximate surface area is 181 Å². The largest absolute Gasteiger partial charge is 0.368 e. The van der Waals surface area contributed by atoms with Crippen molar-refractivity contribution in [1.29, 1.82) is 0 Å². The summed E-state index contributed by atoms with van der Waals surface area (Å²) in [6.07, 6.45) is 2.11. The van der Waals surface area contributed by atoms with E-state index in [4.69, 9.17) is 5.73 Å². The molecule has 0 saturated heterocycles. The highest BCUT2D eigenvalue weighted by Gasteiger charge is 2.26. The van der Waals surface area contributed by atoms with Crippen LogP contribution in [-0.2, 0) is 31.3 Å². The van der Waals surface area contributed by atoms with Crippen LogP contribution in [-0.4, -0.2) is 37.7 Å². The quantitative estimate of drug-likeness (QED) is 0.514. The summed E-state index contributed by atoms with van der Waals surface area (Å²) in [5, 5.41) is 0. The molecule has 0 aliphatic heterocycles. The number of imidazole rings is 1. The van der Waals surface area contributed by atoms with Crippen molar-refractivity contribution in [2.45, 2.75) is 36.1 Å². The van der Waals surface area contributed by atoms with E-state index in [2.05, 4.69) is 9.71 Å². The van der Waals surface area contributed by atoms with E-state index >= 15 is 0 Å². The molecule has 0 bridgehead atoms. The zero-order valence-electron chi connectivity index (χ0n) is 16.9. The van der Waals surface area contributed by atoms with Crippen molar-refractivity contribution >= 4 is 26.0 Å². The van der Waals surface area contributed by atoms with Crippen LogP contribution in [0.3, 0.4) is 0 Å². The number of sulfonamides is 1. The fourth-order valence-electron chi connectivity index (χ4n) is 2.80. The molecule has 0 saturated carbocycles. The van der Waals surface area contributed by atoms with E-state index in [-0.39, 0.29) is 21.9 Å². The van der Waals surface area contributed by atoms with Gasteiger partial charge < -0.3 is 5.73 Å². The third-order valence-electron chi connectivity index (χ3n) is 4.60. The van der Waals surface area contributed by atoms with Crippen LogP contribution in [0, 0.1) is 13.8 Å². The lowest BCUT2D eigenvalue weighted by atomic mass is 10.2. The van der Waals surface area contributed by atoms with Crippen LogP contribution in [0.25, 0.3) is 0 Å². The second kappa shape index (κ2) is 8.61. The van der Waals surface area contributed by atoms with Crippen LogP contribution in [0.5, 0.6) is 0 Å². The number of primary amides is 1. The molecule has 31 heavy (non-hydrogen) atoms. The van der Waals surface area contributed by atoms with Gasteiger partial charge in [0, 0.05) is 12.6 Å². The van der Waals surface area contributed by atoms with Crippen molar-refractivity contribution in [3.63, 3.8) is 0 Å². The zero-order chi connectivity index (χ0) is 22.8. The minimum atomic E-state index is -4.01. The van der Waals surface area contributed by atoms with Crippen LogP contribution in [0.2, 0.25) is 0 Å². The van der Waals surface area contributed by atoms with Gasteiger partial charge in [0.25, 0.3) is 10.0 Å². The van der Waals surface area contributed by atoms with Crippen molar-refractivity contribution < 1.29 is 21.6 Å². The van der Waals surface area contributed by atoms with Gasteiger partial charge in [-0.15, -0.1) is 0 Å². The number of rotatable bonds is 8. The highest BCUT2D eigenvalue weighted by Crippen LogP contribution is 2.16. The molecule has 3 aromatic rings. The predicted octanol–water partition coefficient (Wildman–Crippen LogP) is 1.11. The first-order chi connectivity index (χ1) is 14.5. The standard InChI is InChI=1S/C20H22N4O5S2/c1-14-3-7-17(8-4-14)30(26,27)23-19(20(21)25)11-16-12-24(13-22-16)31(28,29)18-9-5-15(2)6-10-18/h3-10,12-13,19,23H,11H2,1-2H3,(H2,21,25). The van der Waals surface area contributed by atoms with Gasteiger partial charge in [-0.05, 0) is 38.1 Å². The van der Waals surface area contributed by atoms with Crippen molar-refractivity contribution in [1.82, 2.24) is 13.7 Å². The van der Waals surface area contributed by atoms with E-state index in [1.165, 1.54) is 30.5 Å². The number of carbonyl (C=O) groups excluding carboxylic acids is 1. The predicted molar refractivity (Wildman–Crippen MR) is 114 cm³/mol. The SMILES string of the molecule is Cc1ccc(S(=O)(=O)NC(Cc2cn(S(=O)(=O)c3ccc(C)cc3)cn2)C(N)=O)cc1. The molecule has 0 radical (unpaired) electrons. The van der Waals surface area contributed by atoms with Crippen LogP contribution in [0.15, 0.2) is 70.8 Å². The highest BCUT2D eigenvalue weighted by molar-refractivity contribution is 7.90. The van der Waals surface area contributed by atoms with E-state index in [0.717, 1.165) is 21.4 Å². The number of nitrogens with zero attached hydrogens (tertiary/aromatic N) is 2. The molecule has 3 rings (SSSR count). The lowest BCUT2D eigenvalue weighted by molar-refractivity contribution is -0.119. The lowest BCUT2D eigenvalue weighted by Crippen LogP contribution is -2.45. The number of benzene rings is 2. The van der Waals surface area contributed by atoms with Crippen molar-refractivity contribution in [2.75, 3.05) is 0 Å². The number of hydrogen-bond donors (Lipinski definition) is 2. The molecule has 1 amide bonds. The van der Waals surface area contributed by atoms with Gasteiger partial charge in [-0.3, -0.25) is 4.79 Å². The van der Waals surface area contributed by atoms with E-state index in [1.54, 1.807) is 24.3 Å². The molecule has 9 nitrogen and oxygen atoms in total. The van der Waals surface area contributed by atoms with E-state index in [9.17, 15) is 21.6 Å². The maximum Gasteiger partial charge on any atom is 0.268 e. The molecule has 11 heteroatoms. The fourth-order valence-corrected chi connectivity index (χ4v) is 5.16. The maximum atomic E-state index is 12.7. The summed E-state index contributed by atoms with van der Waals surface area (Å²) in [6.45, 7) is 3.66. The van der Waals surface area contributed by atoms with Gasteiger partial charge in [0.15, 0.2) is 0 Å². The van der Waals surface area contributed by atoms with Gasteiger partial charge in [-0.1, -0.05) is 35.4 Å². The zero-order valence-corrected chi connectivity index (χ0v) is 18.5. The maximum absolute atomic E-state index is 12.7. The molecule has 1 heterocycles. The number of hydrogen-bond acceptors (Lipinski definition) is 6. The van der Waals surface area contributed by atoms with Gasteiger partial charge in [0.1, 0.15) is 12.4 Å². The van der Waals surface area contributed by atoms with Gasteiger partial charge in [0.2, 0.25) is 15.9 Å². The molecule has 0 aliphatic carbocycles. The first-order valence-electron chi connectivity index (χ1n) is 9.22. The first kappa shape index (κ1) is 22.7. The molecule has 1 unspecified atom stereocenters. The Morgan fingerprint density at radius 3 is 2.00 bits per heavy atom. The smallest absolute Gasteiger partial charge is 0.268 e. The summed E-state index contributed by atoms with van der Waals surface area (Å²) in [6, 6.07) is 11.1. The highest BCUT2D eigenvalue weighted by atomic mass is 32.2. The number of nitrogens with one attached hydrogen (secondary N) is 1. The molecule has 1 atom stereocenters. The van der Waals surface area contributed by atoms with Crippen LogP contribution in [0.1, 0.15) is 16.8 Å².